The van der Waals surface area contributed by atoms with Gasteiger partial charge in [0, 0.05) is 6.92 Å². The number of nitrogens with one attached hydrogen (secondary N) is 1. The molecule has 0 radical (unpaired) electrons. The molecule has 0 saturated carbocycles. The molecule has 2 N–H and O–H groups in total. The number of aromatic nitrogens is 3. The zero-order valence-corrected chi connectivity index (χ0v) is 14.1. The molecule has 0 aliphatic heterocycles. The van der Waals surface area contributed by atoms with Gasteiger partial charge in [-0.2, -0.15) is 15.2 Å². The molecule has 0 aliphatic carbocycles. The third-order valence-corrected chi connectivity index (χ3v) is 3.91. The molecule has 0 spiro atoms. The minimum absolute atomic E-state index is 0.0668. The van der Waals surface area contributed by atoms with Gasteiger partial charge in [-0.3, -0.25) is 4.79 Å². The number of fused-ring (bicyclic) bond motifs is 1. The summed E-state index contributed by atoms with van der Waals surface area (Å²) in [5, 5.41) is 19.3. The zero-order chi connectivity index (χ0) is 18.1. The van der Waals surface area contributed by atoms with Crippen LogP contribution in [0, 0.1) is 11.3 Å². The predicted octanol–water partition coefficient (Wildman–Crippen LogP) is 3.53. The molecule has 3 rings (SSSR count). The van der Waals surface area contributed by atoms with E-state index in [1.165, 1.54) is 13.0 Å². The van der Waals surface area contributed by atoms with E-state index in [1.54, 1.807) is 25.1 Å². The third-order valence-electron chi connectivity index (χ3n) is 3.52. The number of aliphatic hydroxyl groups excluding tert-OH is 1. The number of nitrogens with zero attached hydrogens (tertiary/aromatic N) is 3. The van der Waals surface area contributed by atoms with Gasteiger partial charge in [0.25, 0.3) is 0 Å². The molecule has 1 unspecified atom stereocenters. The minimum atomic E-state index is -0.863. The Morgan fingerprint density at radius 3 is 2.84 bits per heavy atom. The van der Waals surface area contributed by atoms with E-state index in [2.05, 4.69) is 15.0 Å². The molecule has 126 valence electrons. The summed E-state index contributed by atoms with van der Waals surface area (Å²) in [7, 11) is 0. The zero-order valence-electron chi connectivity index (χ0n) is 13.4. The number of benzene rings is 1. The highest BCUT2D eigenvalue weighted by atomic mass is 35.5. The number of ketones is 1. The number of hydrogen-bond donors (Lipinski definition) is 2. The molecule has 1 atom stereocenters. The number of carbonyl (C=O) groups excluding carboxylic acids is 1. The lowest BCUT2D eigenvalue weighted by Crippen LogP contribution is -2.02. The molecule has 0 bridgehead atoms. The SMILES string of the molecule is CC(=O)c1nc(Oc2cccc(C#N)c2)nc2[nH]c(C(C)O)c(Cl)c12. The first-order chi connectivity index (χ1) is 11.9. The second kappa shape index (κ2) is 6.51. The van der Waals surface area contributed by atoms with E-state index < -0.39 is 6.10 Å². The number of H-pyrrole nitrogens is 1. The van der Waals surface area contributed by atoms with Gasteiger partial charge in [-0.15, -0.1) is 0 Å². The van der Waals surface area contributed by atoms with Crippen LogP contribution >= 0.6 is 11.6 Å². The number of rotatable bonds is 4. The van der Waals surface area contributed by atoms with Crippen LogP contribution in [0.4, 0.5) is 0 Å². The summed E-state index contributed by atoms with van der Waals surface area (Å²) in [4.78, 5) is 23.2. The Morgan fingerprint density at radius 2 is 2.20 bits per heavy atom. The standard InChI is InChI=1S/C17H13ClN4O3/c1-8(23)14-12-13(18)15(9(2)24)20-16(12)22-17(21-14)25-11-5-3-4-10(6-11)7-19/h3-6,9,24H,1-2H3,(H,20,21,22). The molecule has 0 saturated heterocycles. The second-order valence-corrected chi connectivity index (χ2v) is 5.78. The Hall–Kier alpha value is -2.95. The van der Waals surface area contributed by atoms with E-state index in [4.69, 9.17) is 21.6 Å². The van der Waals surface area contributed by atoms with Crippen LogP contribution in [0.1, 0.15) is 41.7 Å². The topological polar surface area (TPSA) is 112 Å². The van der Waals surface area contributed by atoms with Crippen molar-refractivity contribution in [2.24, 2.45) is 0 Å². The lowest BCUT2D eigenvalue weighted by atomic mass is 10.2. The highest BCUT2D eigenvalue weighted by Crippen LogP contribution is 2.34. The van der Waals surface area contributed by atoms with Crippen molar-refractivity contribution >= 4 is 28.4 Å². The summed E-state index contributed by atoms with van der Waals surface area (Å²) in [5.74, 6) is 0.0439. The average molecular weight is 357 g/mol. The quantitative estimate of drug-likeness (QED) is 0.691. The maximum absolute atomic E-state index is 12.0. The minimum Gasteiger partial charge on any atom is -0.424 e. The Morgan fingerprint density at radius 1 is 1.44 bits per heavy atom. The number of hydrogen-bond acceptors (Lipinski definition) is 6. The van der Waals surface area contributed by atoms with Crippen molar-refractivity contribution in [2.45, 2.75) is 20.0 Å². The number of halogens is 1. The van der Waals surface area contributed by atoms with E-state index in [0.29, 0.717) is 22.4 Å². The fourth-order valence-electron chi connectivity index (χ4n) is 2.38. The van der Waals surface area contributed by atoms with Crippen LogP contribution in [0.5, 0.6) is 11.8 Å². The molecule has 8 heteroatoms. The first-order valence-corrected chi connectivity index (χ1v) is 7.74. The van der Waals surface area contributed by atoms with Crippen molar-refractivity contribution in [1.29, 1.82) is 5.26 Å². The Kier molecular flexibility index (Phi) is 4.40. The lowest BCUT2D eigenvalue weighted by Gasteiger charge is -2.06. The largest absolute Gasteiger partial charge is 0.424 e. The van der Waals surface area contributed by atoms with Gasteiger partial charge < -0.3 is 14.8 Å². The smallest absolute Gasteiger partial charge is 0.324 e. The fourth-order valence-corrected chi connectivity index (χ4v) is 2.76. The molecule has 1 aromatic carbocycles. The van der Waals surface area contributed by atoms with Gasteiger partial charge in [-0.25, -0.2) is 0 Å². The predicted molar refractivity (Wildman–Crippen MR) is 90.8 cm³/mol. The van der Waals surface area contributed by atoms with Crippen LogP contribution in [0.15, 0.2) is 24.3 Å². The van der Waals surface area contributed by atoms with E-state index in [-0.39, 0.29) is 28.2 Å². The van der Waals surface area contributed by atoms with Gasteiger partial charge in [0.05, 0.1) is 33.8 Å². The van der Waals surface area contributed by atoms with Gasteiger partial charge in [0.15, 0.2) is 5.78 Å². The van der Waals surface area contributed by atoms with Crippen molar-refractivity contribution in [2.75, 3.05) is 0 Å². The molecule has 25 heavy (non-hydrogen) atoms. The summed E-state index contributed by atoms with van der Waals surface area (Å²) >= 11 is 6.25. The number of Topliss-reactive ketones (excluding diaryl/α,β-unsaturated/α-hetero) is 1. The molecule has 3 aromatic rings. The average Bonchev–Trinajstić information content (AvgIpc) is 2.91. The highest BCUT2D eigenvalue weighted by Gasteiger charge is 2.22. The molecular weight excluding hydrogens is 344 g/mol. The van der Waals surface area contributed by atoms with Gasteiger partial charge >= 0.3 is 6.01 Å². The number of aromatic amines is 1. The van der Waals surface area contributed by atoms with Crippen LogP contribution in [-0.4, -0.2) is 25.8 Å². The van der Waals surface area contributed by atoms with Crippen molar-refractivity contribution < 1.29 is 14.6 Å². The van der Waals surface area contributed by atoms with E-state index in [9.17, 15) is 9.90 Å². The summed E-state index contributed by atoms with van der Waals surface area (Å²) in [6.07, 6.45) is -0.863. The Bertz CT molecular complexity index is 1020. The molecule has 7 nitrogen and oxygen atoms in total. The first kappa shape index (κ1) is 16.9. The van der Waals surface area contributed by atoms with Crippen molar-refractivity contribution in [3.8, 4) is 17.8 Å². The summed E-state index contributed by atoms with van der Waals surface area (Å²) in [5.41, 5.74) is 1.14. The number of carbonyl (C=O) groups is 1. The van der Waals surface area contributed by atoms with Crippen molar-refractivity contribution in [3.05, 3.63) is 46.2 Å². The monoisotopic (exact) mass is 356 g/mol. The molecule has 2 heterocycles. The third kappa shape index (κ3) is 3.18. The highest BCUT2D eigenvalue weighted by molar-refractivity contribution is 6.37. The van der Waals surface area contributed by atoms with Gasteiger partial charge in [-0.05, 0) is 25.1 Å². The van der Waals surface area contributed by atoms with E-state index in [0.717, 1.165) is 0 Å². The second-order valence-electron chi connectivity index (χ2n) is 5.40. The number of ether oxygens (including phenoxy) is 1. The molecule has 2 aromatic heterocycles. The maximum Gasteiger partial charge on any atom is 0.324 e. The van der Waals surface area contributed by atoms with Gasteiger partial charge in [0.2, 0.25) is 0 Å². The number of aliphatic hydroxyl groups is 1. The summed E-state index contributed by atoms with van der Waals surface area (Å²) in [6, 6.07) is 8.42. The van der Waals surface area contributed by atoms with Crippen LogP contribution in [0.2, 0.25) is 5.02 Å². The normalized spacial score (nSPS) is 12.0. The lowest BCUT2D eigenvalue weighted by molar-refractivity contribution is 0.101. The maximum atomic E-state index is 12.0. The van der Waals surface area contributed by atoms with E-state index >= 15 is 0 Å². The molecule has 0 amide bonds. The summed E-state index contributed by atoms with van der Waals surface area (Å²) in [6.45, 7) is 2.90. The molecule has 0 aliphatic rings. The molecular formula is C17H13ClN4O3. The van der Waals surface area contributed by atoms with Crippen molar-refractivity contribution in [3.63, 3.8) is 0 Å². The fraction of sp³-hybridized carbons (Fsp3) is 0.176. The molecule has 0 fully saturated rings. The van der Waals surface area contributed by atoms with Crippen LogP contribution < -0.4 is 4.74 Å². The van der Waals surface area contributed by atoms with Gasteiger partial charge in [0.1, 0.15) is 17.1 Å². The summed E-state index contributed by atoms with van der Waals surface area (Å²) < 4.78 is 5.58. The first-order valence-electron chi connectivity index (χ1n) is 7.36. The Labute approximate surface area is 147 Å². The van der Waals surface area contributed by atoms with Gasteiger partial charge in [-0.1, -0.05) is 17.7 Å². The Balaban J connectivity index is 2.13. The van der Waals surface area contributed by atoms with Crippen LogP contribution in [0.3, 0.4) is 0 Å². The number of nitriles is 1. The van der Waals surface area contributed by atoms with Crippen molar-refractivity contribution in [1.82, 2.24) is 15.0 Å². The van der Waals surface area contributed by atoms with Crippen LogP contribution in [-0.2, 0) is 0 Å². The van der Waals surface area contributed by atoms with E-state index in [1.807, 2.05) is 6.07 Å². The van der Waals surface area contributed by atoms with Crippen LogP contribution in [0.25, 0.3) is 11.0 Å².